The molecule has 0 N–H and O–H groups in total. The first kappa shape index (κ1) is 15.0. The summed E-state index contributed by atoms with van der Waals surface area (Å²) in [5.41, 5.74) is 0. The van der Waals surface area contributed by atoms with Gasteiger partial charge in [-0.15, -0.1) is 0 Å². The lowest BCUT2D eigenvalue weighted by molar-refractivity contribution is 0.389. The Labute approximate surface area is 97.2 Å². The Morgan fingerprint density at radius 3 is 1.67 bits per heavy atom. The first-order valence-electron chi connectivity index (χ1n) is 6.77. The van der Waals surface area contributed by atoms with Crippen molar-refractivity contribution >= 4 is 0 Å². The summed E-state index contributed by atoms with van der Waals surface area (Å²) < 4.78 is 0. The molecule has 15 heavy (non-hydrogen) atoms. The molecule has 0 aliphatic rings. The predicted octanol–water partition coefficient (Wildman–Crippen LogP) is 4.32. The van der Waals surface area contributed by atoms with Gasteiger partial charge in [-0.25, -0.2) is 0 Å². The number of hydrogen-bond acceptors (Lipinski definition) is 1. The molecule has 0 saturated carbocycles. The van der Waals surface area contributed by atoms with Gasteiger partial charge < -0.3 is 4.90 Å². The minimum absolute atomic E-state index is 0.894. The van der Waals surface area contributed by atoms with Crippen LogP contribution in [0.3, 0.4) is 0 Å². The van der Waals surface area contributed by atoms with Crippen molar-refractivity contribution in [3.05, 3.63) is 0 Å². The SMILES string of the molecule is CC(C)CCCCCCCCCN(C)C. The molecule has 0 fully saturated rings. The van der Waals surface area contributed by atoms with Gasteiger partial charge in [-0.2, -0.15) is 0 Å². The molecule has 0 atom stereocenters. The molecule has 0 aromatic rings. The molecule has 1 heteroatoms. The van der Waals surface area contributed by atoms with Crippen molar-refractivity contribution in [3.63, 3.8) is 0 Å². The maximum atomic E-state index is 2.32. The summed E-state index contributed by atoms with van der Waals surface area (Å²) in [6, 6.07) is 0. The Hall–Kier alpha value is -0.0400. The molecule has 0 radical (unpaired) electrons. The molecule has 0 aliphatic carbocycles. The Balaban J connectivity index is 2.93. The van der Waals surface area contributed by atoms with Crippen LogP contribution in [0, 0.1) is 5.92 Å². The molecule has 0 bridgehead atoms. The van der Waals surface area contributed by atoms with Gasteiger partial charge in [0.25, 0.3) is 0 Å². The fraction of sp³-hybridized carbons (Fsp3) is 1.00. The van der Waals surface area contributed by atoms with Crippen molar-refractivity contribution in [1.82, 2.24) is 4.90 Å². The van der Waals surface area contributed by atoms with Crippen LogP contribution in [0.1, 0.15) is 65.2 Å². The molecule has 0 heterocycles. The van der Waals surface area contributed by atoms with E-state index in [1.54, 1.807) is 0 Å². The van der Waals surface area contributed by atoms with Gasteiger partial charge in [0.15, 0.2) is 0 Å². The lowest BCUT2D eigenvalue weighted by atomic mass is 10.0. The van der Waals surface area contributed by atoms with Crippen LogP contribution in [0.5, 0.6) is 0 Å². The molecule has 0 unspecified atom stereocenters. The second-order valence-electron chi connectivity index (χ2n) is 5.46. The average molecular weight is 213 g/mol. The fourth-order valence-corrected chi connectivity index (χ4v) is 1.86. The second-order valence-corrected chi connectivity index (χ2v) is 5.46. The van der Waals surface area contributed by atoms with Crippen molar-refractivity contribution in [2.24, 2.45) is 5.92 Å². The third-order valence-electron chi connectivity index (χ3n) is 2.89. The molecular weight excluding hydrogens is 182 g/mol. The molecule has 0 aromatic carbocycles. The van der Waals surface area contributed by atoms with Crippen molar-refractivity contribution < 1.29 is 0 Å². The first-order chi connectivity index (χ1) is 7.13. The quantitative estimate of drug-likeness (QED) is 0.488. The number of rotatable bonds is 10. The van der Waals surface area contributed by atoms with Crippen molar-refractivity contribution in [2.75, 3.05) is 20.6 Å². The molecule has 0 rings (SSSR count). The molecule has 0 amide bonds. The van der Waals surface area contributed by atoms with Gasteiger partial charge in [0.2, 0.25) is 0 Å². The predicted molar refractivity (Wildman–Crippen MR) is 70.3 cm³/mol. The highest BCUT2D eigenvalue weighted by atomic mass is 15.0. The van der Waals surface area contributed by atoms with Crippen molar-refractivity contribution in [2.45, 2.75) is 65.2 Å². The van der Waals surface area contributed by atoms with E-state index >= 15 is 0 Å². The summed E-state index contributed by atoms with van der Waals surface area (Å²) in [6.45, 7) is 5.90. The van der Waals surface area contributed by atoms with E-state index in [0.717, 1.165) is 5.92 Å². The summed E-state index contributed by atoms with van der Waals surface area (Å²) in [5.74, 6) is 0.894. The van der Waals surface area contributed by atoms with Gasteiger partial charge in [0.1, 0.15) is 0 Å². The van der Waals surface area contributed by atoms with Gasteiger partial charge >= 0.3 is 0 Å². The van der Waals surface area contributed by atoms with Crippen LogP contribution in [0.2, 0.25) is 0 Å². The largest absolute Gasteiger partial charge is 0.309 e. The Morgan fingerprint density at radius 1 is 0.733 bits per heavy atom. The smallest absolute Gasteiger partial charge is 0.00248 e. The third-order valence-corrected chi connectivity index (χ3v) is 2.89. The first-order valence-corrected chi connectivity index (χ1v) is 6.77. The zero-order valence-electron chi connectivity index (χ0n) is 11.4. The minimum Gasteiger partial charge on any atom is -0.309 e. The zero-order valence-corrected chi connectivity index (χ0v) is 11.4. The van der Waals surface area contributed by atoms with Crippen LogP contribution >= 0.6 is 0 Å². The lowest BCUT2D eigenvalue weighted by Gasteiger charge is -2.08. The lowest BCUT2D eigenvalue weighted by Crippen LogP contribution is -2.12. The minimum atomic E-state index is 0.894. The number of hydrogen-bond donors (Lipinski definition) is 0. The van der Waals surface area contributed by atoms with Crippen LogP contribution < -0.4 is 0 Å². The molecule has 0 spiro atoms. The van der Waals surface area contributed by atoms with Crippen molar-refractivity contribution in [3.8, 4) is 0 Å². The summed E-state index contributed by atoms with van der Waals surface area (Å²) in [5, 5.41) is 0. The van der Waals surface area contributed by atoms with Crippen LogP contribution in [0.4, 0.5) is 0 Å². The Morgan fingerprint density at radius 2 is 1.20 bits per heavy atom. The van der Waals surface area contributed by atoms with E-state index in [-0.39, 0.29) is 0 Å². The van der Waals surface area contributed by atoms with Gasteiger partial charge in [-0.3, -0.25) is 0 Å². The third kappa shape index (κ3) is 14.0. The topological polar surface area (TPSA) is 3.24 Å². The van der Waals surface area contributed by atoms with Crippen LogP contribution in [0.15, 0.2) is 0 Å². The van der Waals surface area contributed by atoms with Gasteiger partial charge in [0.05, 0.1) is 0 Å². The Bertz CT molecular complexity index is 105. The molecule has 0 aliphatic heterocycles. The molecule has 0 saturated heterocycles. The van der Waals surface area contributed by atoms with E-state index in [0.29, 0.717) is 0 Å². The number of unbranched alkanes of at least 4 members (excludes halogenated alkanes) is 6. The zero-order chi connectivity index (χ0) is 11.5. The average Bonchev–Trinajstić information content (AvgIpc) is 2.14. The number of nitrogens with zero attached hydrogens (tertiary/aromatic N) is 1. The van der Waals surface area contributed by atoms with E-state index in [9.17, 15) is 0 Å². The van der Waals surface area contributed by atoms with Gasteiger partial charge in [0, 0.05) is 0 Å². The van der Waals surface area contributed by atoms with E-state index in [1.165, 1.54) is 57.9 Å². The van der Waals surface area contributed by atoms with Crippen LogP contribution in [0.25, 0.3) is 0 Å². The summed E-state index contributed by atoms with van der Waals surface area (Å²) in [7, 11) is 4.32. The normalized spacial score (nSPS) is 11.6. The molecular formula is C14H31N. The maximum absolute atomic E-state index is 2.32. The molecule has 92 valence electrons. The fourth-order valence-electron chi connectivity index (χ4n) is 1.86. The van der Waals surface area contributed by atoms with Gasteiger partial charge in [-0.1, -0.05) is 58.8 Å². The van der Waals surface area contributed by atoms with E-state index in [1.807, 2.05) is 0 Å². The standard InChI is InChI=1S/C14H31N/c1-14(2)12-10-8-6-5-7-9-11-13-15(3)4/h14H,5-13H2,1-4H3. The summed E-state index contributed by atoms with van der Waals surface area (Å²) in [6.07, 6.45) is 11.4. The molecule has 1 nitrogen and oxygen atoms in total. The highest BCUT2D eigenvalue weighted by molar-refractivity contribution is 4.50. The van der Waals surface area contributed by atoms with E-state index in [2.05, 4.69) is 32.8 Å². The molecule has 0 aromatic heterocycles. The monoisotopic (exact) mass is 213 g/mol. The maximum Gasteiger partial charge on any atom is -0.00248 e. The van der Waals surface area contributed by atoms with E-state index < -0.39 is 0 Å². The van der Waals surface area contributed by atoms with Crippen molar-refractivity contribution in [1.29, 1.82) is 0 Å². The highest BCUT2D eigenvalue weighted by Crippen LogP contribution is 2.11. The summed E-state index contributed by atoms with van der Waals surface area (Å²) in [4.78, 5) is 2.28. The van der Waals surface area contributed by atoms with Crippen LogP contribution in [-0.2, 0) is 0 Å². The second kappa shape index (κ2) is 10.5. The Kier molecular flexibility index (Phi) is 10.4. The van der Waals surface area contributed by atoms with Gasteiger partial charge in [-0.05, 0) is 33.0 Å². The summed E-state index contributed by atoms with van der Waals surface area (Å²) >= 11 is 0. The van der Waals surface area contributed by atoms with Crippen LogP contribution in [-0.4, -0.2) is 25.5 Å². The highest BCUT2D eigenvalue weighted by Gasteiger charge is 1.95. The van der Waals surface area contributed by atoms with E-state index in [4.69, 9.17) is 0 Å².